The van der Waals surface area contributed by atoms with Gasteiger partial charge >= 0.3 is 0 Å². The Balaban J connectivity index is 1.67. The van der Waals surface area contributed by atoms with E-state index in [1.165, 1.54) is 4.31 Å². The highest BCUT2D eigenvalue weighted by atomic mass is 32.2. The average Bonchev–Trinajstić information content (AvgIpc) is 2.65. The standard InChI is InChI=1S/C21H27N3O3S/c1-2-13-28(26,27)24-16-21(17-24,14-18-7-4-3-5-8-18)20(25)23-12-10-19-9-6-11-22-15-19/h3-9,11,15H,2,10,12-14,16-17H2,1H3,(H,23,25). The first-order valence-electron chi connectivity index (χ1n) is 9.64. The van der Waals surface area contributed by atoms with E-state index in [0.29, 0.717) is 25.8 Å². The van der Waals surface area contributed by atoms with Crippen LogP contribution < -0.4 is 5.32 Å². The molecular weight excluding hydrogens is 374 g/mol. The minimum Gasteiger partial charge on any atom is -0.355 e. The fourth-order valence-corrected chi connectivity index (χ4v) is 5.25. The number of carbonyl (C=O) groups excluding carboxylic acids is 1. The zero-order valence-electron chi connectivity index (χ0n) is 16.2. The van der Waals surface area contributed by atoms with E-state index in [2.05, 4.69) is 10.3 Å². The summed E-state index contributed by atoms with van der Waals surface area (Å²) < 4.78 is 26.2. The molecule has 0 bridgehead atoms. The summed E-state index contributed by atoms with van der Waals surface area (Å²) >= 11 is 0. The van der Waals surface area contributed by atoms with Crippen molar-refractivity contribution in [3.05, 3.63) is 66.0 Å². The van der Waals surface area contributed by atoms with Crippen LogP contribution in [0.3, 0.4) is 0 Å². The number of nitrogens with zero attached hydrogens (tertiary/aromatic N) is 2. The second-order valence-electron chi connectivity index (χ2n) is 7.39. The maximum atomic E-state index is 13.0. The van der Waals surface area contributed by atoms with Gasteiger partial charge in [-0.2, -0.15) is 4.31 Å². The predicted octanol–water partition coefficient (Wildman–Crippen LogP) is 2.02. The van der Waals surface area contributed by atoms with Crippen molar-refractivity contribution in [2.75, 3.05) is 25.4 Å². The van der Waals surface area contributed by atoms with Crippen LogP contribution in [0.1, 0.15) is 24.5 Å². The molecule has 1 amide bonds. The normalized spacial score (nSPS) is 16.3. The van der Waals surface area contributed by atoms with Gasteiger partial charge in [0.05, 0.1) is 11.2 Å². The largest absolute Gasteiger partial charge is 0.355 e. The summed E-state index contributed by atoms with van der Waals surface area (Å²) in [6, 6.07) is 13.6. The number of amides is 1. The number of carbonyl (C=O) groups is 1. The molecule has 0 unspecified atom stereocenters. The first-order chi connectivity index (χ1) is 13.5. The molecule has 1 aromatic carbocycles. The van der Waals surface area contributed by atoms with Gasteiger partial charge in [-0.15, -0.1) is 0 Å². The van der Waals surface area contributed by atoms with Crippen LogP contribution in [0, 0.1) is 5.41 Å². The van der Waals surface area contributed by atoms with Crippen molar-refractivity contribution in [2.24, 2.45) is 5.41 Å². The maximum absolute atomic E-state index is 13.0. The van der Waals surface area contributed by atoms with Crippen LogP contribution in [0.2, 0.25) is 0 Å². The molecule has 0 aliphatic carbocycles. The van der Waals surface area contributed by atoms with Crippen molar-refractivity contribution >= 4 is 15.9 Å². The highest BCUT2D eigenvalue weighted by Gasteiger charge is 2.52. The SMILES string of the molecule is CCCS(=O)(=O)N1CC(Cc2ccccc2)(C(=O)NCCc2cccnc2)C1. The van der Waals surface area contributed by atoms with Crippen molar-refractivity contribution in [3.63, 3.8) is 0 Å². The van der Waals surface area contributed by atoms with Crippen LogP contribution >= 0.6 is 0 Å². The third-order valence-electron chi connectivity index (χ3n) is 5.10. The molecule has 1 aliphatic heterocycles. The van der Waals surface area contributed by atoms with Gasteiger partial charge in [-0.25, -0.2) is 8.42 Å². The lowest BCUT2D eigenvalue weighted by molar-refractivity contribution is -0.137. The smallest absolute Gasteiger partial charge is 0.229 e. The van der Waals surface area contributed by atoms with E-state index in [4.69, 9.17) is 0 Å². The summed E-state index contributed by atoms with van der Waals surface area (Å²) in [4.78, 5) is 17.1. The second-order valence-corrected chi connectivity index (χ2v) is 9.48. The number of aromatic nitrogens is 1. The van der Waals surface area contributed by atoms with Gasteiger partial charge in [-0.3, -0.25) is 9.78 Å². The van der Waals surface area contributed by atoms with Crippen LogP contribution in [-0.2, 0) is 27.7 Å². The molecule has 1 fully saturated rings. The van der Waals surface area contributed by atoms with Crippen molar-refractivity contribution in [1.29, 1.82) is 0 Å². The summed E-state index contributed by atoms with van der Waals surface area (Å²) in [5, 5.41) is 3.01. The van der Waals surface area contributed by atoms with Crippen LogP contribution in [-0.4, -0.2) is 49.0 Å². The van der Waals surface area contributed by atoms with Crippen LogP contribution in [0.4, 0.5) is 0 Å². The Kier molecular flexibility index (Phi) is 6.46. The molecule has 0 atom stereocenters. The Bertz CT molecular complexity index is 880. The summed E-state index contributed by atoms with van der Waals surface area (Å²) in [6.45, 7) is 2.83. The molecule has 1 aromatic heterocycles. The molecule has 0 saturated carbocycles. The monoisotopic (exact) mass is 401 g/mol. The van der Waals surface area contributed by atoms with Crippen LogP contribution in [0.5, 0.6) is 0 Å². The molecule has 0 radical (unpaired) electrons. The van der Waals surface area contributed by atoms with Gasteiger partial charge in [0.1, 0.15) is 0 Å². The Morgan fingerprint density at radius 3 is 2.50 bits per heavy atom. The van der Waals surface area contributed by atoms with Gasteiger partial charge in [0.2, 0.25) is 15.9 Å². The average molecular weight is 402 g/mol. The van der Waals surface area contributed by atoms with Gasteiger partial charge in [-0.1, -0.05) is 43.3 Å². The Hall–Kier alpha value is -2.25. The molecule has 2 aromatic rings. The number of pyridine rings is 1. The van der Waals surface area contributed by atoms with Gasteiger partial charge in [0.25, 0.3) is 0 Å². The maximum Gasteiger partial charge on any atom is 0.229 e. The van der Waals surface area contributed by atoms with Crippen molar-refractivity contribution < 1.29 is 13.2 Å². The lowest BCUT2D eigenvalue weighted by atomic mass is 9.75. The second kappa shape index (κ2) is 8.84. The fourth-order valence-electron chi connectivity index (χ4n) is 3.59. The molecule has 1 aliphatic rings. The molecule has 1 N–H and O–H groups in total. The van der Waals surface area contributed by atoms with E-state index < -0.39 is 15.4 Å². The molecule has 28 heavy (non-hydrogen) atoms. The number of rotatable bonds is 9. The zero-order valence-corrected chi connectivity index (χ0v) is 17.0. The molecule has 3 rings (SSSR count). The van der Waals surface area contributed by atoms with Crippen LogP contribution in [0.15, 0.2) is 54.9 Å². The van der Waals surface area contributed by atoms with E-state index in [-0.39, 0.29) is 24.7 Å². The number of benzene rings is 1. The third kappa shape index (κ3) is 4.77. The highest BCUT2D eigenvalue weighted by molar-refractivity contribution is 7.89. The fraction of sp³-hybridized carbons (Fsp3) is 0.429. The molecule has 6 nitrogen and oxygen atoms in total. The first-order valence-corrected chi connectivity index (χ1v) is 11.2. The van der Waals surface area contributed by atoms with E-state index >= 15 is 0 Å². The molecule has 150 valence electrons. The summed E-state index contributed by atoms with van der Waals surface area (Å²) in [7, 11) is -3.29. The first kappa shape index (κ1) is 20.5. The lowest BCUT2D eigenvalue weighted by Crippen LogP contribution is -2.65. The number of nitrogens with one attached hydrogen (secondary N) is 1. The van der Waals surface area contributed by atoms with E-state index in [1.54, 1.807) is 12.4 Å². The molecule has 1 saturated heterocycles. The zero-order chi connectivity index (χ0) is 20.0. The summed E-state index contributed by atoms with van der Waals surface area (Å²) in [5.41, 5.74) is 1.38. The predicted molar refractivity (Wildman–Crippen MR) is 109 cm³/mol. The van der Waals surface area contributed by atoms with E-state index in [0.717, 1.165) is 11.1 Å². The van der Waals surface area contributed by atoms with Gasteiger partial charge in [-0.05, 0) is 36.5 Å². The minimum atomic E-state index is -3.29. The minimum absolute atomic E-state index is 0.0804. The quantitative estimate of drug-likeness (QED) is 0.697. The summed E-state index contributed by atoms with van der Waals surface area (Å²) in [6.07, 6.45) is 5.30. The van der Waals surface area contributed by atoms with Gasteiger partial charge < -0.3 is 5.32 Å². The van der Waals surface area contributed by atoms with E-state index in [1.807, 2.05) is 49.4 Å². The van der Waals surface area contributed by atoms with Gasteiger partial charge in [0.15, 0.2) is 0 Å². The van der Waals surface area contributed by atoms with E-state index in [9.17, 15) is 13.2 Å². The Labute approximate surface area is 167 Å². The highest BCUT2D eigenvalue weighted by Crippen LogP contribution is 2.36. The lowest BCUT2D eigenvalue weighted by Gasteiger charge is -2.48. The number of sulfonamides is 1. The van der Waals surface area contributed by atoms with Crippen LogP contribution in [0.25, 0.3) is 0 Å². The Morgan fingerprint density at radius 2 is 1.86 bits per heavy atom. The molecule has 7 heteroatoms. The number of hydrogen-bond acceptors (Lipinski definition) is 4. The third-order valence-corrected chi connectivity index (χ3v) is 7.07. The molecular formula is C21H27N3O3S. The summed E-state index contributed by atoms with van der Waals surface area (Å²) in [5.74, 6) is 0.0417. The topological polar surface area (TPSA) is 79.4 Å². The Morgan fingerprint density at radius 1 is 1.14 bits per heavy atom. The van der Waals surface area contributed by atoms with Crippen molar-refractivity contribution in [2.45, 2.75) is 26.2 Å². The molecule has 2 heterocycles. The van der Waals surface area contributed by atoms with Crippen molar-refractivity contribution in [3.8, 4) is 0 Å². The number of hydrogen-bond donors (Lipinski definition) is 1. The van der Waals surface area contributed by atoms with Crippen molar-refractivity contribution in [1.82, 2.24) is 14.6 Å². The molecule has 0 spiro atoms. The van der Waals surface area contributed by atoms with Gasteiger partial charge in [0, 0.05) is 32.0 Å².